The lowest BCUT2D eigenvalue weighted by Gasteiger charge is -2.31. The smallest absolute Gasteiger partial charge is 0.256 e. The van der Waals surface area contributed by atoms with Gasteiger partial charge in [-0.05, 0) is 64.2 Å². The van der Waals surface area contributed by atoms with E-state index in [1.54, 1.807) is 13.0 Å². The minimum atomic E-state index is -1.22. The van der Waals surface area contributed by atoms with Crippen molar-refractivity contribution in [2.75, 3.05) is 19.6 Å². The van der Waals surface area contributed by atoms with Crippen molar-refractivity contribution in [3.63, 3.8) is 0 Å². The molecule has 1 saturated heterocycles. The molecule has 2 aliphatic rings. The third-order valence-electron chi connectivity index (χ3n) is 6.15. The van der Waals surface area contributed by atoms with Gasteiger partial charge in [-0.3, -0.25) is 9.36 Å². The Hall–Kier alpha value is -2.54. The van der Waals surface area contributed by atoms with Crippen LogP contribution in [-0.2, 0) is 19.3 Å². The van der Waals surface area contributed by atoms with Crippen LogP contribution in [0.4, 0.5) is 4.39 Å². The van der Waals surface area contributed by atoms with Crippen LogP contribution in [-0.4, -0.2) is 39.2 Å². The van der Waals surface area contributed by atoms with Crippen LogP contribution >= 0.6 is 0 Å². The predicted octanol–water partition coefficient (Wildman–Crippen LogP) is 3.59. The molecule has 4 unspecified atom stereocenters. The third kappa shape index (κ3) is 3.55. The van der Waals surface area contributed by atoms with Crippen LogP contribution < -0.4 is 5.56 Å². The second-order valence-electron chi connectivity index (χ2n) is 7.98. The molecule has 2 aliphatic heterocycles. The number of rotatable bonds is 4. The van der Waals surface area contributed by atoms with E-state index in [4.69, 9.17) is 10.0 Å². The zero-order valence-corrected chi connectivity index (χ0v) is 16.8. The molecule has 3 aromatic rings. The van der Waals surface area contributed by atoms with Gasteiger partial charge in [0.2, 0.25) is 0 Å². The van der Waals surface area contributed by atoms with Crippen LogP contribution in [0.3, 0.4) is 0 Å². The van der Waals surface area contributed by atoms with Gasteiger partial charge in [-0.25, -0.2) is 9.37 Å². The highest BCUT2D eigenvalue weighted by Gasteiger charge is 2.25. The van der Waals surface area contributed by atoms with Crippen molar-refractivity contribution in [3.8, 4) is 0 Å². The summed E-state index contributed by atoms with van der Waals surface area (Å²) in [5.41, 5.74) is 2.01. The molecule has 6 nitrogen and oxygen atoms in total. The van der Waals surface area contributed by atoms with Gasteiger partial charge in [0.15, 0.2) is 5.58 Å². The third-order valence-corrected chi connectivity index (χ3v) is 6.15. The first-order chi connectivity index (χ1) is 16.3. The summed E-state index contributed by atoms with van der Waals surface area (Å²) in [5, 5.41) is 5.04. The fraction of sp³-hybridized carbons (Fsp3) is 0.522. The first-order valence-electron chi connectivity index (χ1n) is 12.6. The summed E-state index contributed by atoms with van der Waals surface area (Å²) in [6.45, 7) is 2.82. The highest BCUT2D eigenvalue weighted by atomic mass is 19.1. The number of likely N-dealkylation sites (tertiary alicyclic amines) is 1. The van der Waals surface area contributed by atoms with Gasteiger partial charge < -0.3 is 9.42 Å². The predicted molar refractivity (Wildman–Crippen MR) is 112 cm³/mol. The van der Waals surface area contributed by atoms with Gasteiger partial charge in [-0.2, -0.15) is 0 Å². The Balaban J connectivity index is 1.27. The maximum absolute atomic E-state index is 13.4. The molecule has 1 aromatic carbocycles. The van der Waals surface area contributed by atoms with Gasteiger partial charge in [-0.1, -0.05) is 5.16 Å². The lowest BCUT2D eigenvalue weighted by Crippen LogP contribution is -2.37. The van der Waals surface area contributed by atoms with Crippen LogP contribution in [0.5, 0.6) is 0 Å². The SMILES string of the molecule is [2H]C1c2nc(C)c(CCN3CCC(c4noc5cc(F)ccc45)CC3)c(=O)n2C([2H])C([2H])C1[2H]. The molecular weight excluding hydrogens is 383 g/mol. The molecule has 0 amide bonds. The maximum Gasteiger partial charge on any atom is 0.256 e. The molecule has 1 fully saturated rings. The van der Waals surface area contributed by atoms with E-state index in [1.165, 1.54) is 12.1 Å². The molecule has 0 saturated carbocycles. The van der Waals surface area contributed by atoms with E-state index in [9.17, 15) is 9.18 Å². The highest BCUT2D eigenvalue weighted by molar-refractivity contribution is 5.79. The van der Waals surface area contributed by atoms with Gasteiger partial charge in [0.25, 0.3) is 5.56 Å². The number of nitrogens with zero attached hydrogens (tertiary/aromatic N) is 4. The van der Waals surface area contributed by atoms with Crippen molar-refractivity contribution in [1.29, 1.82) is 0 Å². The summed E-state index contributed by atoms with van der Waals surface area (Å²) in [6.07, 6.45) is -1.14. The van der Waals surface area contributed by atoms with E-state index in [0.29, 0.717) is 29.8 Å². The van der Waals surface area contributed by atoms with Gasteiger partial charge in [0.1, 0.15) is 11.6 Å². The normalized spacial score (nSPS) is 29.8. The first-order valence-corrected chi connectivity index (χ1v) is 10.3. The Bertz CT molecular complexity index is 1270. The molecule has 5 rings (SSSR count). The van der Waals surface area contributed by atoms with Gasteiger partial charge >= 0.3 is 0 Å². The minimum Gasteiger partial charge on any atom is -0.356 e. The molecule has 158 valence electrons. The molecule has 7 heteroatoms. The summed E-state index contributed by atoms with van der Waals surface area (Å²) < 4.78 is 52.4. The van der Waals surface area contributed by atoms with Crippen LogP contribution in [0, 0.1) is 12.7 Å². The summed E-state index contributed by atoms with van der Waals surface area (Å²) in [6, 6.07) is 4.49. The van der Waals surface area contributed by atoms with Crippen molar-refractivity contribution < 1.29 is 14.4 Å². The van der Waals surface area contributed by atoms with E-state index in [-0.39, 0.29) is 23.1 Å². The summed E-state index contributed by atoms with van der Waals surface area (Å²) in [4.78, 5) is 19.9. The average Bonchev–Trinajstić information content (AvgIpc) is 3.24. The van der Waals surface area contributed by atoms with Crippen molar-refractivity contribution in [1.82, 2.24) is 19.6 Å². The second-order valence-corrected chi connectivity index (χ2v) is 7.98. The van der Waals surface area contributed by atoms with Crippen molar-refractivity contribution in [3.05, 3.63) is 57.1 Å². The molecule has 0 spiro atoms. The molecule has 4 atom stereocenters. The molecule has 0 bridgehead atoms. The Morgan fingerprint density at radius 3 is 2.97 bits per heavy atom. The molecule has 2 aromatic heterocycles. The van der Waals surface area contributed by atoms with Crippen LogP contribution in [0.15, 0.2) is 27.5 Å². The largest absolute Gasteiger partial charge is 0.356 e. The number of fused-ring (bicyclic) bond motifs is 2. The Labute approximate surface area is 180 Å². The monoisotopic (exact) mass is 414 g/mol. The maximum atomic E-state index is 13.4. The van der Waals surface area contributed by atoms with Gasteiger partial charge in [0, 0.05) is 53.6 Å². The van der Waals surface area contributed by atoms with Crippen LogP contribution in [0.1, 0.15) is 59.8 Å². The fourth-order valence-electron chi connectivity index (χ4n) is 4.45. The molecule has 0 aliphatic carbocycles. The summed E-state index contributed by atoms with van der Waals surface area (Å²) in [7, 11) is 0. The average molecular weight is 415 g/mol. The highest BCUT2D eigenvalue weighted by Crippen LogP contribution is 2.32. The minimum absolute atomic E-state index is 0.121. The lowest BCUT2D eigenvalue weighted by atomic mass is 9.91. The quantitative estimate of drug-likeness (QED) is 0.653. The van der Waals surface area contributed by atoms with Gasteiger partial charge in [0.05, 0.1) is 5.69 Å². The Kier molecular flexibility index (Phi) is 4.05. The number of hydrogen-bond donors (Lipinski definition) is 0. The number of benzene rings is 1. The molecule has 4 heterocycles. The van der Waals surface area contributed by atoms with Crippen molar-refractivity contribution in [2.45, 2.75) is 57.8 Å². The summed E-state index contributed by atoms with van der Waals surface area (Å²) in [5.74, 6) is 0.00140. The van der Waals surface area contributed by atoms with E-state index in [0.717, 1.165) is 41.6 Å². The number of piperidine rings is 1. The zero-order valence-electron chi connectivity index (χ0n) is 20.8. The van der Waals surface area contributed by atoms with Gasteiger partial charge in [-0.15, -0.1) is 0 Å². The number of aryl methyl sites for hydroxylation is 2. The summed E-state index contributed by atoms with van der Waals surface area (Å²) >= 11 is 0. The molecule has 0 N–H and O–H groups in total. The second kappa shape index (κ2) is 7.95. The fourth-order valence-corrected chi connectivity index (χ4v) is 4.45. The van der Waals surface area contributed by atoms with Crippen molar-refractivity contribution >= 4 is 11.0 Å². The number of halogens is 1. The number of hydrogen-bond acceptors (Lipinski definition) is 5. The molecular formula is C23H27FN4O2. The first kappa shape index (κ1) is 15.3. The molecule has 30 heavy (non-hydrogen) atoms. The standard InChI is InChI=1S/C23H27FN4O2/c1-15-18(23(29)28-10-3-2-4-21(28)25-15)9-13-27-11-7-16(8-12-27)22-19-6-5-17(24)14-20(19)30-26-22/h5-6,14,16H,2-4,7-13H2,1H3/i2D,3D,4D,10D. The van der Waals surface area contributed by atoms with E-state index >= 15 is 0 Å². The van der Waals surface area contributed by atoms with E-state index < -0.39 is 25.7 Å². The number of aromatic nitrogens is 3. The van der Waals surface area contributed by atoms with E-state index in [2.05, 4.69) is 15.0 Å². The van der Waals surface area contributed by atoms with Crippen LogP contribution in [0.2, 0.25) is 0 Å². The Morgan fingerprint density at radius 1 is 1.30 bits per heavy atom. The lowest BCUT2D eigenvalue weighted by molar-refractivity contribution is 0.211. The Morgan fingerprint density at radius 2 is 2.13 bits per heavy atom. The van der Waals surface area contributed by atoms with E-state index in [1.807, 2.05) is 0 Å². The zero-order chi connectivity index (χ0) is 24.1. The topological polar surface area (TPSA) is 64.2 Å². The molecule has 0 radical (unpaired) electrons. The van der Waals surface area contributed by atoms with Crippen molar-refractivity contribution in [2.24, 2.45) is 0 Å². The van der Waals surface area contributed by atoms with Crippen LogP contribution in [0.25, 0.3) is 11.0 Å².